The summed E-state index contributed by atoms with van der Waals surface area (Å²) in [6.45, 7) is 2.14. The molecule has 1 atom stereocenters. The largest absolute Gasteiger partial charge is 0.485 e. The molecular formula is C22H25N3O4S. The topological polar surface area (TPSA) is 80.8 Å². The number of aromatic nitrogens is 1. The van der Waals surface area contributed by atoms with Crippen LogP contribution in [0.25, 0.3) is 0 Å². The fourth-order valence-electron chi connectivity index (χ4n) is 3.73. The van der Waals surface area contributed by atoms with E-state index in [0.717, 1.165) is 17.9 Å². The van der Waals surface area contributed by atoms with Crippen LogP contribution in [0, 0.1) is 5.92 Å². The van der Waals surface area contributed by atoms with Gasteiger partial charge in [0.1, 0.15) is 11.6 Å². The third-order valence-electron chi connectivity index (χ3n) is 5.46. The molecule has 2 aliphatic heterocycles. The smallest absolute Gasteiger partial charge is 0.264 e. The summed E-state index contributed by atoms with van der Waals surface area (Å²) in [6, 6.07) is 11.0. The summed E-state index contributed by atoms with van der Waals surface area (Å²) in [6.07, 6.45) is 4.69. The molecule has 1 saturated heterocycles. The molecule has 3 heterocycles. The summed E-state index contributed by atoms with van der Waals surface area (Å²) >= 11 is 1.48. The fourth-order valence-corrected chi connectivity index (χ4v) is 4.28. The molecule has 0 spiro atoms. The van der Waals surface area contributed by atoms with E-state index in [4.69, 9.17) is 9.47 Å². The van der Waals surface area contributed by atoms with Gasteiger partial charge < -0.3 is 19.7 Å². The van der Waals surface area contributed by atoms with Crippen molar-refractivity contribution in [2.75, 3.05) is 32.5 Å². The minimum Gasteiger partial charge on any atom is -0.485 e. The number of hydrogen-bond donors (Lipinski definition) is 1. The summed E-state index contributed by atoms with van der Waals surface area (Å²) in [7, 11) is 0. The van der Waals surface area contributed by atoms with E-state index in [-0.39, 0.29) is 18.4 Å². The fraction of sp³-hybridized carbons (Fsp3) is 0.409. The molecule has 0 saturated carbocycles. The number of piperidine rings is 1. The molecule has 1 fully saturated rings. The number of rotatable bonds is 5. The van der Waals surface area contributed by atoms with Crippen molar-refractivity contribution in [1.82, 2.24) is 15.2 Å². The highest BCUT2D eigenvalue weighted by Gasteiger charge is 2.29. The monoisotopic (exact) mass is 427 g/mol. The van der Waals surface area contributed by atoms with Gasteiger partial charge >= 0.3 is 0 Å². The molecular weight excluding hydrogens is 402 g/mol. The van der Waals surface area contributed by atoms with Gasteiger partial charge in [-0.15, -0.1) is 11.8 Å². The van der Waals surface area contributed by atoms with Gasteiger partial charge in [0.2, 0.25) is 6.10 Å². The molecule has 2 aliphatic rings. The average Bonchev–Trinajstić information content (AvgIpc) is 2.82. The Balaban J connectivity index is 1.24. The molecule has 8 heteroatoms. The summed E-state index contributed by atoms with van der Waals surface area (Å²) in [4.78, 5) is 31.5. The number of pyridine rings is 1. The van der Waals surface area contributed by atoms with E-state index in [0.29, 0.717) is 42.6 Å². The first-order valence-electron chi connectivity index (χ1n) is 10.1. The highest BCUT2D eigenvalue weighted by Crippen LogP contribution is 2.31. The zero-order valence-electron chi connectivity index (χ0n) is 16.9. The predicted octanol–water partition coefficient (Wildman–Crippen LogP) is 2.61. The number of benzene rings is 1. The Labute approximate surface area is 180 Å². The Hall–Kier alpha value is -2.74. The van der Waals surface area contributed by atoms with E-state index in [1.54, 1.807) is 18.3 Å². The van der Waals surface area contributed by atoms with Crippen molar-refractivity contribution in [3.63, 3.8) is 0 Å². The first-order chi connectivity index (χ1) is 14.7. The van der Waals surface area contributed by atoms with Crippen LogP contribution < -0.4 is 14.8 Å². The Kier molecular flexibility index (Phi) is 6.42. The maximum Gasteiger partial charge on any atom is 0.264 e. The van der Waals surface area contributed by atoms with E-state index in [1.807, 2.05) is 35.4 Å². The molecule has 30 heavy (non-hydrogen) atoms. The van der Waals surface area contributed by atoms with Crippen LogP contribution in [0.15, 0.2) is 47.6 Å². The van der Waals surface area contributed by atoms with E-state index >= 15 is 0 Å². The highest BCUT2D eigenvalue weighted by atomic mass is 32.2. The molecule has 1 unspecified atom stereocenters. The van der Waals surface area contributed by atoms with Gasteiger partial charge in [0, 0.05) is 25.8 Å². The zero-order chi connectivity index (χ0) is 20.9. The number of nitrogens with one attached hydrogen (secondary N) is 1. The molecule has 158 valence electrons. The Morgan fingerprint density at radius 2 is 1.93 bits per heavy atom. The van der Waals surface area contributed by atoms with Crippen molar-refractivity contribution >= 4 is 23.6 Å². The number of hydrogen-bond acceptors (Lipinski definition) is 6. The van der Waals surface area contributed by atoms with Crippen LogP contribution in [0.1, 0.15) is 23.2 Å². The van der Waals surface area contributed by atoms with Crippen LogP contribution in [0.5, 0.6) is 11.5 Å². The normalized spacial score (nSPS) is 18.7. The summed E-state index contributed by atoms with van der Waals surface area (Å²) in [5.74, 6) is 1.46. The quantitative estimate of drug-likeness (QED) is 0.739. The third kappa shape index (κ3) is 4.53. The number of carbonyl (C=O) groups is 2. The van der Waals surface area contributed by atoms with Crippen LogP contribution >= 0.6 is 11.8 Å². The zero-order valence-corrected chi connectivity index (χ0v) is 17.7. The van der Waals surface area contributed by atoms with Crippen molar-refractivity contribution in [2.45, 2.75) is 24.0 Å². The minimum absolute atomic E-state index is 0.0290. The number of ether oxygens (including phenoxy) is 2. The van der Waals surface area contributed by atoms with E-state index in [2.05, 4.69) is 10.3 Å². The highest BCUT2D eigenvalue weighted by molar-refractivity contribution is 7.98. The van der Waals surface area contributed by atoms with E-state index < -0.39 is 6.10 Å². The Morgan fingerprint density at radius 3 is 2.70 bits per heavy atom. The third-order valence-corrected chi connectivity index (χ3v) is 6.17. The van der Waals surface area contributed by atoms with Gasteiger partial charge in [-0.25, -0.2) is 4.98 Å². The molecule has 0 aliphatic carbocycles. The summed E-state index contributed by atoms with van der Waals surface area (Å²) < 4.78 is 11.4. The lowest BCUT2D eigenvalue weighted by atomic mass is 9.96. The number of fused-ring (bicyclic) bond motifs is 1. The van der Waals surface area contributed by atoms with Crippen LogP contribution in [0.3, 0.4) is 0 Å². The van der Waals surface area contributed by atoms with E-state index in [9.17, 15) is 9.59 Å². The number of thioether (sulfide) groups is 1. The summed E-state index contributed by atoms with van der Waals surface area (Å²) in [5.41, 5.74) is 0.659. The number of para-hydroxylation sites is 2. The van der Waals surface area contributed by atoms with Crippen molar-refractivity contribution < 1.29 is 19.1 Å². The molecule has 2 amide bonds. The Morgan fingerprint density at radius 1 is 1.17 bits per heavy atom. The van der Waals surface area contributed by atoms with E-state index in [1.165, 1.54) is 11.8 Å². The molecule has 1 aromatic heterocycles. The van der Waals surface area contributed by atoms with Crippen LogP contribution in [0.2, 0.25) is 0 Å². The lowest BCUT2D eigenvalue weighted by molar-refractivity contribution is -0.130. The van der Waals surface area contributed by atoms with Gasteiger partial charge in [0.05, 0.1) is 5.56 Å². The van der Waals surface area contributed by atoms with Crippen LogP contribution in [-0.4, -0.2) is 60.3 Å². The molecule has 4 rings (SSSR count). The van der Waals surface area contributed by atoms with Gasteiger partial charge in [-0.3, -0.25) is 9.59 Å². The maximum absolute atomic E-state index is 12.8. The molecule has 0 bridgehead atoms. The first-order valence-corrected chi connectivity index (χ1v) is 11.3. The lowest BCUT2D eigenvalue weighted by Crippen LogP contribution is -2.47. The molecule has 2 aromatic rings. The standard InChI is InChI=1S/C22H25N3O4S/c1-30-21-16(5-4-10-23-21)22(27)25-11-8-15(9-12-25)13-24-20(26)19-14-28-17-6-2-3-7-18(17)29-19/h2-7,10,15,19H,8-9,11-14H2,1H3,(H,24,26). The number of amides is 2. The maximum atomic E-state index is 12.8. The van der Waals surface area contributed by atoms with Gasteiger partial charge in [-0.05, 0) is 49.3 Å². The molecule has 0 radical (unpaired) electrons. The van der Waals surface area contributed by atoms with Gasteiger partial charge in [0.25, 0.3) is 11.8 Å². The predicted molar refractivity (Wildman–Crippen MR) is 114 cm³/mol. The van der Waals surface area contributed by atoms with Gasteiger partial charge in [-0.1, -0.05) is 12.1 Å². The average molecular weight is 428 g/mol. The molecule has 1 aromatic carbocycles. The van der Waals surface area contributed by atoms with Crippen molar-refractivity contribution in [3.8, 4) is 11.5 Å². The summed E-state index contributed by atoms with van der Waals surface area (Å²) in [5, 5.41) is 3.74. The number of carbonyl (C=O) groups excluding carboxylic acids is 2. The number of nitrogens with zero attached hydrogens (tertiary/aromatic N) is 2. The van der Waals surface area contributed by atoms with Crippen LogP contribution in [-0.2, 0) is 4.79 Å². The lowest BCUT2D eigenvalue weighted by Gasteiger charge is -2.33. The molecule has 7 nitrogen and oxygen atoms in total. The van der Waals surface area contributed by atoms with Crippen molar-refractivity contribution in [2.24, 2.45) is 5.92 Å². The SMILES string of the molecule is CSc1ncccc1C(=O)N1CCC(CNC(=O)C2COc3ccccc3O2)CC1. The van der Waals surface area contributed by atoms with Gasteiger partial charge in [-0.2, -0.15) is 0 Å². The van der Waals surface area contributed by atoms with Crippen LogP contribution in [0.4, 0.5) is 0 Å². The van der Waals surface area contributed by atoms with Crippen molar-refractivity contribution in [1.29, 1.82) is 0 Å². The van der Waals surface area contributed by atoms with Crippen molar-refractivity contribution in [3.05, 3.63) is 48.2 Å². The Bertz CT molecular complexity index is 915. The number of likely N-dealkylation sites (tertiary alicyclic amines) is 1. The minimum atomic E-state index is -0.642. The molecule has 1 N–H and O–H groups in total. The van der Waals surface area contributed by atoms with Gasteiger partial charge in [0.15, 0.2) is 11.5 Å². The second-order valence-corrected chi connectivity index (χ2v) is 8.20. The second-order valence-electron chi connectivity index (χ2n) is 7.41. The second kappa shape index (κ2) is 9.38. The first kappa shape index (κ1) is 20.5.